The molecule has 0 atom stereocenters. The van der Waals surface area contributed by atoms with Crippen molar-refractivity contribution in [3.63, 3.8) is 0 Å². The fourth-order valence-electron chi connectivity index (χ4n) is 3.90. The van der Waals surface area contributed by atoms with Crippen LogP contribution in [0.2, 0.25) is 0 Å². The fourth-order valence-corrected chi connectivity index (χ4v) is 4.14. The highest BCUT2D eigenvalue weighted by atomic mass is 32.1. The maximum absolute atomic E-state index is 5.79. The van der Waals surface area contributed by atoms with Crippen molar-refractivity contribution in [1.29, 1.82) is 0 Å². The molecule has 5 nitrogen and oxygen atoms in total. The first-order valence-corrected chi connectivity index (χ1v) is 9.53. The van der Waals surface area contributed by atoms with Crippen molar-refractivity contribution in [3.8, 4) is 0 Å². The molecule has 0 N–H and O–H groups in total. The van der Waals surface area contributed by atoms with Crippen molar-refractivity contribution in [1.82, 2.24) is 14.7 Å². The molecule has 0 radical (unpaired) electrons. The average molecular weight is 359 g/mol. The smallest absolute Gasteiger partial charge is 0.174 e. The second kappa shape index (κ2) is 7.62. The van der Waals surface area contributed by atoms with Gasteiger partial charge in [-0.15, -0.1) is 0 Å². The summed E-state index contributed by atoms with van der Waals surface area (Å²) in [6, 6.07) is 8.54. The summed E-state index contributed by atoms with van der Waals surface area (Å²) in [5.74, 6) is 1.90. The number of furan rings is 2. The molecule has 3 heterocycles. The molecule has 0 spiro atoms. The maximum atomic E-state index is 5.79. The Morgan fingerprint density at radius 3 is 1.92 bits per heavy atom. The van der Waals surface area contributed by atoms with Crippen LogP contribution in [0, 0.1) is 0 Å². The van der Waals surface area contributed by atoms with Gasteiger partial charge in [-0.25, -0.2) is 0 Å². The molecule has 0 amide bonds. The Kier molecular flexibility index (Phi) is 5.08. The van der Waals surface area contributed by atoms with Gasteiger partial charge in [0.25, 0.3) is 0 Å². The molecule has 1 aliphatic carbocycles. The van der Waals surface area contributed by atoms with Crippen LogP contribution in [-0.4, -0.2) is 39.2 Å². The summed E-state index contributed by atoms with van der Waals surface area (Å²) in [5, 5.41) is 0.875. The zero-order valence-electron chi connectivity index (χ0n) is 14.5. The number of rotatable bonds is 5. The monoisotopic (exact) mass is 359 g/mol. The summed E-state index contributed by atoms with van der Waals surface area (Å²) in [6.45, 7) is 3.17. The van der Waals surface area contributed by atoms with Crippen molar-refractivity contribution < 1.29 is 8.83 Å². The van der Waals surface area contributed by atoms with Gasteiger partial charge < -0.3 is 18.6 Å². The molecule has 25 heavy (non-hydrogen) atoms. The predicted molar refractivity (Wildman–Crippen MR) is 99.5 cm³/mol. The minimum Gasteiger partial charge on any atom is -0.467 e. The number of hydrogen-bond acceptors (Lipinski definition) is 4. The molecule has 0 bridgehead atoms. The van der Waals surface area contributed by atoms with Crippen LogP contribution in [0.15, 0.2) is 45.6 Å². The van der Waals surface area contributed by atoms with Gasteiger partial charge in [-0.3, -0.25) is 4.90 Å². The van der Waals surface area contributed by atoms with Crippen molar-refractivity contribution in [2.75, 3.05) is 13.3 Å². The van der Waals surface area contributed by atoms with Gasteiger partial charge in [0.15, 0.2) is 5.11 Å². The van der Waals surface area contributed by atoms with E-state index in [-0.39, 0.29) is 0 Å². The third-order valence-electron chi connectivity index (χ3n) is 5.19. The topological polar surface area (TPSA) is 36.0 Å². The highest BCUT2D eigenvalue weighted by Gasteiger charge is 2.32. The molecule has 1 aliphatic heterocycles. The van der Waals surface area contributed by atoms with E-state index in [2.05, 4.69) is 14.7 Å². The third kappa shape index (κ3) is 3.90. The van der Waals surface area contributed by atoms with Gasteiger partial charge in [0.2, 0.25) is 0 Å². The van der Waals surface area contributed by atoms with Crippen LogP contribution in [0.25, 0.3) is 0 Å². The Morgan fingerprint density at radius 2 is 1.44 bits per heavy atom. The van der Waals surface area contributed by atoms with E-state index in [0.717, 1.165) is 30.0 Å². The van der Waals surface area contributed by atoms with E-state index in [9.17, 15) is 0 Å². The molecule has 6 heteroatoms. The molecule has 2 fully saturated rings. The van der Waals surface area contributed by atoms with Crippen molar-refractivity contribution >= 4 is 17.3 Å². The molecule has 4 rings (SSSR count). The van der Waals surface area contributed by atoms with Crippen molar-refractivity contribution in [3.05, 3.63) is 48.3 Å². The molecule has 1 saturated carbocycles. The number of nitrogens with zero attached hydrogens (tertiary/aromatic N) is 3. The molecule has 1 saturated heterocycles. The van der Waals surface area contributed by atoms with Crippen LogP contribution >= 0.6 is 12.2 Å². The zero-order chi connectivity index (χ0) is 17.1. The molecule has 2 aromatic heterocycles. The summed E-state index contributed by atoms with van der Waals surface area (Å²) in [5.41, 5.74) is 0. The van der Waals surface area contributed by atoms with Crippen LogP contribution in [0.4, 0.5) is 0 Å². The van der Waals surface area contributed by atoms with Gasteiger partial charge in [0.05, 0.1) is 39.0 Å². The largest absolute Gasteiger partial charge is 0.467 e. The van der Waals surface area contributed by atoms with Gasteiger partial charge in [0.1, 0.15) is 11.5 Å². The maximum Gasteiger partial charge on any atom is 0.174 e. The number of hydrogen-bond donors (Lipinski definition) is 0. The summed E-state index contributed by atoms with van der Waals surface area (Å²) in [7, 11) is 0. The Morgan fingerprint density at radius 1 is 0.880 bits per heavy atom. The first kappa shape index (κ1) is 16.7. The van der Waals surface area contributed by atoms with E-state index < -0.39 is 0 Å². The summed E-state index contributed by atoms with van der Waals surface area (Å²) >= 11 is 5.79. The minimum atomic E-state index is 0.648. The van der Waals surface area contributed by atoms with E-state index in [0.29, 0.717) is 19.1 Å². The molecule has 134 valence electrons. The minimum absolute atomic E-state index is 0.648. The van der Waals surface area contributed by atoms with E-state index in [1.54, 1.807) is 12.5 Å². The van der Waals surface area contributed by atoms with Gasteiger partial charge in [-0.05, 0) is 49.3 Å². The Balaban J connectivity index is 1.51. The lowest BCUT2D eigenvalue weighted by molar-refractivity contribution is 0.0231. The van der Waals surface area contributed by atoms with E-state index >= 15 is 0 Å². The highest BCUT2D eigenvalue weighted by molar-refractivity contribution is 7.80. The van der Waals surface area contributed by atoms with Gasteiger partial charge in [-0.2, -0.15) is 0 Å². The van der Waals surface area contributed by atoms with E-state index in [1.807, 2.05) is 24.3 Å². The van der Waals surface area contributed by atoms with Crippen LogP contribution < -0.4 is 0 Å². The summed E-state index contributed by atoms with van der Waals surface area (Å²) in [4.78, 5) is 7.06. The van der Waals surface area contributed by atoms with Crippen LogP contribution in [0.3, 0.4) is 0 Å². The van der Waals surface area contributed by atoms with Crippen LogP contribution in [0.5, 0.6) is 0 Å². The SMILES string of the molecule is S=C1N(Cc2ccco2)CN(C2CCCCC2)CN1Cc1ccco1. The molecule has 0 aromatic carbocycles. The lowest BCUT2D eigenvalue weighted by Gasteiger charge is -2.47. The van der Waals surface area contributed by atoms with Gasteiger partial charge in [0, 0.05) is 6.04 Å². The second-order valence-electron chi connectivity index (χ2n) is 7.00. The summed E-state index contributed by atoms with van der Waals surface area (Å²) < 4.78 is 11.1. The first-order chi connectivity index (χ1) is 12.3. The van der Waals surface area contributed by atoms with Crippen LogP contribution in [-0.2, 0) is 13.1 Å². The first-order valence-electron chi connectivity index (χ1n) is 9.12. The number of thiocarbonyl (C=S) groups is 1. The molecule has 2 aromatic rings. The lowest BCUT2D eigenvalue weighted by Crippen LogP contribution is -2.59. The second-order valence-corrected chi connectivity index (χ2v) is 7.37. The molecular formula is C19H25N3O2S. The quantitative estimate of drug-likeness (QED) is 0.750. The lowest BCUT2D eigenvalue weighted by atomic mass is 9.94. The predicted octanol–water partition coefficient (Wildman–Crippen LogP) is 4.03. The van der Waals surface area contributed by atoms with E-state index in [4.69, 9.17) is 21.1 Å². The van der Waals surface area contributed by atoms with Gasteiger partial charge in [-0.1, -0.05) is 19.3 Å². The summed E-state index contributed by atoms with van der Waals surface area (Å²) in [6.07, 6.45) is 10.1. The van der Waals surface area contributed by atoms with Crippen molar-refractivity contribution in [2.45, 2.75) is 51.2 Å². The molecular weight excluding hydrogens is 334 g/mol. The standard InChI is InChI=1S/C19H25N3O2S/c25-19-20(12-17-8-4-10-23-17)14-22(16-6-2-1-3-7-16)15-21(19)13-18-9-5-11-24-18/h4-5,8-11,16H,1-3,6-7,12-15H2. The Hall–Kier alpha value is -1.79. The van der Waals surface area contributed by atoms with E-state index in [1.165, 1.54) is 32.1 Å². The van der Waals surface area contributed by atoms with Gasteiger partial charge >= 0.3 is 0 Å². The Bertz CT molecular complexity index is 617. The van der Waals surface area contributed by atoms with Crippen LogP contribution in [0.1, 0.15) is 43.6 Å². The highest BCUT2D eigenvalue weighted by Crippen LogP contribution is 2.26. The normalized spacial score (nSPS) is 20.4. The molecule has 0 unspecified atom stereocenters. The average Bonchev–Trinajstić information content (AvgIpc) is 3.33. The molecule has 2 aliphatic rings. The fraction of sp³-hybridized carbons (Fsp3) is 0.526. The Labute approximate surface area is 154 Å². The third-order valence-corrected chi connectivity index (χ3v) is 5.71. The van der Waals surface area contributed by atoms with Crippen molar-refractivity contribution in [2.24, 2.45) is 0 Å². The zero-order valence-corrected chi connectivity index (χ0v) is 15.3.